The van der Waals surface area contributed by atoms with Gasteiger partial charge in [-0.25, -0.2) is 9.13 Å². The first-order valence-electron chi connectivity index (χ1n) is 42.5. The van der Waals surface area contributed by atoms with Crippen molar-refractivity contribution in [3.8, 4) is 0 Å². The standard InChI is InChI=1S/C82H160O17P2/c1-7-9-11-13-15-16-17-18-19-20-21-22-23-24-27-31-37-42-48-54-60-66-82(87)99-78(71-93-80(85)65-59-53-47-41-36-30-28-25-26-29-34-39-45-50-56-62-74(3)4)73-97-101(90,91)95-69-76(83)68-94-100(88,89)96-72-77(70-92-79(84)64-58-52-44-14-12-10-8-2)98-81(86)67-61-55-49-43-38-33-32-35-40-46-51-57-63-75(5)6/h74-78,83H,7-73H2,1-6H3,(H,88,89)(H,90,91)/t76-,77+,78+/m0/s1. The number of aliphatic hydroxyl groups excluding tert-OH is 1. The van der Waals surface area contributed by atoms with E-state index in [4.69, 9.17) is 37.0 Å². The van der Waals surface area contributed by atoms with Crippen LogP contribution in [0.15, 0.2) is 0 Å². The molecule has 19 heteroatoms. The first-order valence-corrected chi connectivity index (χ1v) is 45.5. The largest absolute Gasteiger partial charge is 0.472 e. The van der Waals surface area contributed by atoms with Gasteiger partial charge in [-0.2, -0.15) is 0 Å². The Morgan fingerprint density at radius 1 is 0.267 bits per heavy atom. The van der Waals surface area contributed by atoms with Gasteiger partial charge in [0.2, 0.25) is 0 Å². The number of carbonyl (C=O) groups excluding carboxylic acids is 4. The molecule has 0 aromatic rings. The highest BCUT2D eigenvalue weighted by Crippen LogP contribution is 2.45. The van der Waals surface area contributed by atoms with Crippen LogP contribution in [0.4, 0.5) is 0 Å². The van der Waals surface area contributed by atoms with E-state index in [0.29, 0.717) is 25.7 Å². The molecule has 0 bridgehead atoms. The minimum Gasteiger partial charge on any atom is -0.462 e. The quantitative estimate of drug-likeness (QED) is 0.0222. The van der Waals surface area contributed by atoms with E-state index in [2.05, 4.69) is 41.5 Å². The maximum Gasteiger partial charge on any atom is 0.472 e. The van der Waals surface area contributed by atoms with Gasteiger partial charge in [-0.15, -0.1) is 0 Å². The van der Waals surface area contributed by atoms with Gasteiger partial charge < -0.3 is 33.8 Å². The van der Waals surface area contributed by atoms with E-state index in [-0.39, 0.29) is 25.7 Å². The van der Waals surface area contributed by atoms with Gasteiger partial charge in [-0.3, -0.25) is 37.3 Å². The summed E-state index contributed by atoms with van der Waals surface area (Å²) in [6, 6.07) is 0. The van der Waals surface area contributed by atoms with Gasteiger partial charge in [0, 0.05) is 25.7 Å². The molecule has 17 nitrogen and oxygen atoms in total. The summed E-state index contributed by atoms with van der Waals surface area (Å²) in [7, 11) is -9.92. The van der Waals surface area contributed by atoms with E-state index in [1.165, 1.54) is 238 Å². The van der Waals surface area contributed by atoms with E-state index in [9.17, 15) is 43.2 Å². The van der Waals surface area contributed by atoms with Crippen molar-refractivity contribution in [2.75, 3.05) is 39.6 Å². The number of phosphoric acid groups is 2. The number of hydrogen-bond donors (Lipinski definition) is 3. The van der Waals surface area contributed by atoms with Crippen molar-refractivity contribution < 1.29 is 80.2 Å². The topological polar surface area (TPSA) is 237 Å². The maximum absolute atomic E-state index is 13.1. The van der Waals surface area contributed by atoms with Gasteiger partial charge in [0.1, 0.15) is 19.3 Å². The number of carbonyl (C=O) groups is 4. The van der Waals surface area contributed by atoms with Crippen molar-refractivity contribution in [3.05, 3.63) is 0 Å². The Labute approximate surface area is 619 Å². The predicted octanol–water partition coefficient (Wildman–Crippen LogP) is 24.7. The Bertz CT molecular complexity index is 1940. The van der Waals surface area contributed by atoms with Gasteiger partial charge in [0.05, 0.1) is 26.4 Å². The molecule has 0 radical (unpaired) electrons. The first kappa shape index (κ1) is 99.1. The predicted molar refractivity (Wildman–Crippen MR) is 414 cm³/mol. The second-order valence-electron chi connectivity index (χ2n) is 30.5. The zero-order valence-corrected chi connectivity index (χ0v) is 68.0. The molecule has 101 heavy (non-hydrogen) atoms. The molecule has 0 aliphatic rings. The van der Waals surface area contributed by atoms with E-state index < -0.39 is 97.5 Å². The van der Waals surface area contributed by atoms with Crippen molar-refractivity contribution in [3.63, 3.8) is 0 Å². The number of unbranched alkanes of at least 4 members (excludes halogenated alkanes) is 51. The summed E-state index contributed by atoms with van der Waals surface area (Å²) in [5.74, 6) is -0.529. The van der Waals surface area contributed by atoms with Crippen LogP contribution in [0.1, 0.15) is 433 Å². The molecule has 2 unspecified atom stereocenters. The molecule has 0 aromatic carbocycles. The lowest BCUT2D eigenvalue weighted by Gasteiger charge is -2.21. The lowest BCUT2D eigenvalue weighted by Crippen LogP contribution is -2.30. The maximum atomic E-state index is 13.1. The van der Waals surface area contributed by atoms with Crippen LogP contribution in [0.2, 0.25) is 0 Å². The van der Waals surface area contributed by atoms with E-state index in [1.807, 2.05) is 0 Å². The molecule has 600 valence electrons. The van der Waals surface area contributed by atoms with Crippen molar-refractivity contribution in [1.82, 2.24) is 0 Å². The van der Waals surface area contributed by atoms with E-state index >= 15 is 0 Å². The zero-order chi connectivity index (χ0) is 74.2. The fourth-order valence-corrected chi connectivity index (χ4v) is 14.3. The van der Waals surface area contributed by atoms with Crippen LogP contribution in [-0.2, 0) is 65.4 Å². The monoisotopic (exact) mass is 1480 g/mol. The summed E-state index contributed by atoms with van der Waals surface area (Å²) in [6.07, 6.45) is 64.1. The zero-order valence-electron chi connectivity index (χ0n) is 66.2. The number of phosphoric ester groups is 2. The van der Waals surface area contributed by atoms with Crippen LogP contribution in [0.5, 0.6) is 0 Å². The molecule has 0 aromatic heterocycles. The van der Waals surface area contributed by atoms with Crippen molar-refractivity contribution in [2.45, 2.75) is 452 Å². The Kier molecular flexibility index (Phi) is 72.2. The van der Waals surface area contributed by atoms with Gasteiger partial charge >= 0.3 is 39.5 Å². The second kappa shape index (κ2) is 73.6. The van der Waals surface area contributed by atoms with Crippen LogP contribution in [0.25, 0.3) is 0 Å². The molecule has 0 saturated carbocycles. The summed E-state index contributed by atoms with van der Waals surface area (Å²) < 4.78 is 68.6. The van der Waals surface area contributed by atoms with Crippen molar-refractivity contribution >= 4 is 39.5 Å². The minimum atomic E-state index is -4.96. The smallest absolute Gasteiger partial charge is 0.462 e. The van der Waals surface area contributed by atoms with Crippen LogP contribution < -0.4 is 0 Å². The molecule has 0 saturated heterocycles. The molecule has 0 fully saturated rings. The number of esters is 4. The minimum absolute atomic E-state index is 0.107. The highest BCUT2D eigenvalue weighted by molar-refractivity contribution is 7.47. The highest BCUT2D eigenvalue weighted by Gasteiger charge is 2.30. The van der Waals surface area contributed by atoms with Gasteiger partial charge in [-0.1, -0.05) is 382 Å². The summed E-state index contributed by atoms with van der Waals surface area (Å²) in [5, 5.41) is 10.6. The number of hydrogen-bond acceptors (Lipinski definition) is 15. The first-order chi connectivity index (χ1) is 48.9. The van der Waals surface area contributed by atoms with Crippen molar-refractivity contribution in [2.24, 2.45) is 11.8 Å². The summed E-state index contributed by atoms with van der Waals surface area (Å²) in [6.45, 7) is 9.63. The average Bonchev–Trinajstić information content (AvgIpc) is 0.984. The molecule has 0 rings (SSSR count). The van der Waals surface area contributed by atoms with Crippen LogP contribution in [-0.4, -0.2) is 96.7 Å². The van der Waals surface area contributed by atoms with Crippen molar-refractivity contribution in [1.29, 1.82) is 0 Å². The lowest BCUT2D eigenvalue weighted by atomic mass is 10.0. The summed E-state index contributed by atoms with van der Waals surface area (Å²) >= 11 is 0. The Morgan fingerprint density at radius 3 is 0.673 bits per heavy atom. The summed E-state index contributed by atoms with van der Waals surface area (Å²) in [5.41, 5.74) is 0. The molecule has 5 atom stereocenters. The molecule has 0 aliphatic carbocycles. The van der Waals surface area contributed by atoms with Crippen LogP contribution in [0, 0.1) is 11.8 Å². The normalized spacial score (nSPS) is 13.9. The Morgan fingerprint density at radius 2 is 0.455 bits per heavy atom. The fourth-order valence-electron chi connectivity index (χ4n) is 12.7. The third-order valence-electron chi connectivity index (χ3n) is 19.2. The number of aliphatic hydroxyl groups is 1. The van der Waals surface area contributed by atoms with E-state index in [1.54, 1.807) is 0 Å². The fraction of sp³-hybridized carbons (Fsp3) is 0.951. The molecular weight excluding hydrogens is 1320 g/mol. The second-order valence-corrected chi connectivity index (χ2v) is 33.4. The molecule has 0 spiro atoms. The summed E-state index contributed by atoms with van der Waals surface area (Å²) in [4.78, 5) is 72.9. The third-order valence-corrected chi connectivity index (χ3v) is 21.1. The SMILES string of the molecule is CCCCCCCCCCCCCCCCCCCCCCCC(=O)O[C@H](COC(=O)CCCCCCCCCCCCCCCCCC(C)C)COP(=O)(O)OC[C@@H](O)COP(=O)(O)OC[C@@H](COC(=O)CCCCCCCCC)OC(=O)CCCCCCCCCCCCCCC(C)C. The lowest BCUT2D eigenvalue weighted by molar-refractivity contribution is -0.161. The van der Waals surface area contributed by atoms with Crippen LogP contribution >= 0.6 is 15.6 Å². The molecule has 3 N–H and O–H groups in total. The molecule has 0 aliphatic heterocycles. The molecular formula is C82H160O17P2. The highest BCUT2D eigenvalue weighted by atomic mass is 31.2. The number of ether oxygens (including phenoxy) is 4. The third kappa shape index (κ3) is 76.1. The molecule has 0 heterocycles. The van der Waals surface area contributed by atoms with Gasteiger partial charge in [0.15, 0.2) is 12.2 Å². The van der Waals surface area contributed by atoms with Gasteiger partial charge in [0.25, 0.3) is 0 Å². The molecule has 0 amide bonds. The Balaban J connectivity index is 5.17. The van der Waals surface area contributed by atoms with E-state index in [0.717, 1.165) is 115 Å². The van der Waals surface area contributed by atoms with Crippen LogP contribution in [0.3, 0.4) is 0 Å². The van der Waals surface area contributed by atoms with Gasteiger partial charge in [-0.05, 0) is 37.5 Å². The number of rotatable bonds is 81. The Hall–Kier alpha value is -1.94. The average molecular weight is 1480 g/mol.